The van der Waals surface area contributed by atoms with Crippen molar-refractivity contribution < 1.29 is 14.3 Å². The zero-order valence-electron chi connectivity index (χ0n) is 13.1. The second kappa shape index (κ2) is 7.46. The van der Waals surface area contributed by atoms with Crippen LogP contribution in [0.4, 0.5) is 0 Å². The number of hydrogen-bond acceptors (Lipinski definition) is 3. The van der Waals surface area contributed by atoms with Gasteiger partial charge in [0.15, 0.2) is 0 Å². The van der Waals surface area contributed by atoms with E-state index >= 15 is 0 Å². The van der Waals surface area contributed by atoms with Crippen LogP contribution in [0.15, 0.2) is 66.2 Å². The molecule has 0 heterocycles. The van der Waals surface area contributed by atoms with Crippen molar-refractivity contribution in [3.63, 3.8) is 0 Å². The number of hydrogen-bond donors (Lipinski definition) is 0. The van der Waals surface area contributed by atoms with Crippen molar-refractivity contribution in [3.8, 4) is 5.75 Å². The third-order valence-electron chi connectivity index (χ3n) is 3.44. The molecule has 2 aromatic rings. The van der Waals surface area contributed by atoms with Gasteiger partial charge in [-0.2, -0.15) is 0 Å². The van der Waals surface area contributed by atoms with Crippen molar-refractivity contribution in [1.82, 2.24) is 0 Å². The quantitative estimate of drug-likeness (QED) is 0.615. The first-order valence-corrected chi connectivity index (χ1v) is 7.19. The van der Waals surface area contributed by atoms with Crippen LogP contribution >= 0.6 is 0 Å². The Morgan fingerprint density at radius 1 is 0.955 bits per heavy atom. The Morgan fingerprint density at radius 3 is 2.05 bits per heavy atom. The fraction of sp³-hybridized carbons (Fsp3) is 0.211. The van der Waals surface area contributed by atoms with Gasteiger partial charge in [-0.3, -0.25) is 0 Å². The number of benzene rings is 2. The zero-order chi connectivity index (χ0) is 15.9. The molecular formula is C19H20O3. The predicted octanol–water partition coefficient (Wildman–Crippen LogP) is 4.10. The lowest BCUT2D eigenvalue weighted by molar-refractivity contribution is -0.136. The molecule has 3 heteroatoms. The highest BCUT2D eigenvalue weighted by molar-refractivity contribution is 5.97. The Bertz CT molecular complexity index is 645. The van der Waals surface area contributed by atoms with Crippen LogP contribution in [0.5, 0.6) is 5.75 Å². The van der Waals surface area contributed by atoms with E-state index in [0.29, 0.717) is 5.57 Å². The molecule has 0 saturated heterocycles. The van der Waals surface area contributed by atoms with Gasteiger partial charge in [0.1, 0.15) is 11.9 Å². The van der Waals surface area contributed by atoms with E-state index in [1.165, 1.54) is 7.11 Å². The zero-order valence-corrected chi connectivity index (χ0v) is 13.1. The average Bonchev–Trinajstić information content (AvgIpc) is 2.56. The van der Waals surface area contributed by atoms with Gasteiger partial charge in [-0.05, 0) is 31.5 Å². The summed E-state index contributed by atoms with van der Waals surface area (Å²) in [4.78, 5) is 11.9. The minimum absolute atomic E-state index is 0.274. The highest BCUT2D eigenvalue weighted by atomic mass is 16.5. The van der Waals surface area contributed by atoms with E-state index in [-0.39, 0.29) is 12.1 Å². The molecule has 0 amide bonds. The largest absolute Gasteiger partial charge is 0.486 e. The second-order valence-electron chi connectivity index (χ2n) is 4.97. The third kappa shape index (κ3) is 3.76. The minimum atomic E-state index is -0.345. The number of carbonyl (C=O) groups excluding carboxylic acids is 1. The molecule has 0 aliphatic carbocycles. The molecule has 0 radical (unpaired) electrons. The predicted molar refractivity (Wildman–Crippen MR) is 87.6 cm³/mol. The van der Waals surface area contributed by atoms with Crippen LogP contribution < -0.4 is 4.74 Å². The smallest absolute Gasteiger partial charge is 0.333 e. The average molecular weight is 296 g/mol. The van der Waals surface area contributed by atoms with Gasteiger partial charge in [-0.1, -0.05) is 48.5 Å². The summed E-state index contributed by atoms with van der Waals surface area (Å²) in [5, 5.41) is 0. The van der Waals surface area contributed by atoms with Crippen LogP contribution in [-0.4, -0.2) is 19.2 Å². The first-order valence-electron chi connectivity index (χ1n) is 7.19. The van der Waals surface area contributed by atoms with Crippen LogP contribution in [0.25, 0.3) is 5.57 Å². The summed E-state index contributed by atoms with van der Waals surface area (Å²) in [7, 11) is 1.39. The van der Waals surface area contributed by atoms with E-state index in [4.69, 9.17) is 9.47 Å². The summed E-state index contributed by atoms with van der Waals surface area (Å²) in [5.41, 5.74) is 2.34. The Hall–Kier alpha value is -2.55. The van der Waals surface area contributed by atoms with Gasteiger partial charge in [0.25, 0.3) is 0 Å². The van der Waals surface area contributed by atoms with Gasteiger partial charge in [-0.15, -0.1) is 0 Å². The molecule has 2 rings (SSSR count). The summed E-state index contributed by atoms with van der Waals surface area (Å²) in [5.74, 6) is 0.420. The normalized spacial score (nSPS) is 13.0. The summed E-state index contributed by atoms with van der Waals surface area (Å²) in [6.07, 6.45) is -0.274. The second-order valence-corrected chi connectivity index (χ2v) is 4.97. The molecule has 114 valence electrons. The molecule has 1 atom stereocenters. The van der Waals surface area contributed by atoms with Gasteiger partial charge in [0.2, 0.25) is 0 Å². The fourth-order valence-electron chi connectivity index (χ4n) is 2.40. The first kappa shape index (κ1) is 15.8. The van der Waals surface area contributed by atoms with E-state index in [2.05, 4.69) is 0 Å². The number of methoxy groups -OCH3 is 1. The SMILES string of the molecule is COC(=O)/C(C)=C(/c1ccccc1)C(C)Oc1ccccc1. The maximum atomic E-state index is 11.9. The Balaban J connectivity index is 2.39. The van der Waals surface area contributed by atoms with Gasteiger partial charge in [0, 0.05) is 11.1 Å². The summed E-state index contributed by atoms with van der Waals surface area (Å²) in [6, 6.07) is 19.3. The highest BCUT2D eigenvalue weighted by Crippen LogP contribution is 2.26. The Labute approximate surface area is 131 Å². The monoisotopic (exact) mass is 296 g/mol. The van der Waals surface area contributed by atoms with Crippen LogP contribution in [0.1, 0.15) is 19.4 Å². The lowest BCUT2D eigenvalue weighted by Crippen LogP contribution is -2.18. The number of carbonyl (C=O) groups is 1. The van der Waals surface area contributed by atoms with Gasteiger partial charge in [-0.25, -0.2) is 4.79 Å². The standard InChI is InChI=1S/C19H20O3/c1-14(19(20)21-3)18(16-10-6-4-7-11-16)15(2)22-17-12-8-5-9-13-17/h4-13,15H,1-3H3/b18-14+. The Kier molecular flexibility index (Phi) is 5.37. The first-order chi connectivity index (χ1) is 10.6. The summed E-state index contributed by atoms with van der Waals surface area (Å²) >= 11 is 0. The lowest BCUT2D eigenvalue weighted by Gasteiger charge is -2.20. The minimum Gasteiger partial charge on any atom is -0.486 e. The molecule has 0 aromatic heterocycles. The molecule has 1 unspecified atom stereocenters. The number of rotatable bonds is 5. The van der Waals surface area contributed by atoms with Crippen molar-refractivity contribution in [1.29, 1.82) is 0 Å². The number of esters is 1. The number of para-hydroxylation sites is 1. The van der Waals surface area contributed by atoms with Crippen molar-refractivity contribution in [3.05, 3.63) is 71.8 Å². The van der Waals surface area contributed by atoms with E-state index in [9.17, 15) is 4.79 Å². The molecule has 3 nitrogen and oxygen atoms in total. The topological polar surface area (TPSA) is 35.5 Å². The van der Waals surface area contributed by atoms with Gasteiger partial charge in [0.05, 0.1) is 7.11 Å². The Morgan fingerprint density at radius 2 is 1.50 bits per heavy atom. The van der Waals surface area contributed by atoms with Crippen molar-refractivity contribution in [2.24, 2.45) is 0 Å². The molecule has 0 spiro atoms. The summed E-state index contributed by atoms with van der Waals surface area (Å²) < 4.78 is 10.8. The highest BCUT2D eigenvalue weighted by Gasteiger charge is 2.20. The van der Waals surface area contributed by atoms with Crippen LogP contribution in [0.2, 0.25) is 0 Å². The molecule has 0 aliphatic heterocycles. The maximum Gasteiger partial charge on any atom is 0.333 e. The lowest BCUT2D eigenvalue weighted by atomic mass is 9.96. The molecule has 0 saturated carbocycles. The van der Waals surface area contributed by atoms with E-state index in [1.54, 1.807) is 6.92 Å². The molecule has 22 heavy (non-hydrogen) atoms. The maximum absolute atomic E-state index is 11.9. The molecule has 0 N–H and O–H groups in total. The van der Waals surface area contributed by atoms with Crippen molar-refractivity contribution in [2.75, 3.05) is 7.11 Å². The third-order valence-corrected chi connectivity index (χ3v) is 3.44. The molecular weight excluding hydrogens is 276 g/mol. The molecule has 2 aromatic carbocycles. The van der Waals surface area contributed by atoms with Crippen LogP contribution in [0, 0.1) is 0 Å². The molecule has 0 fully saturated rings. The number of ether oxygens (including phenoxy) is 2. The summed E-state index contributed by atoms with van der Waals surface area (Å²) in [6.45, 7) is 3.70. The molecule has 0 aliphatic rings. The van der Waals surface area contributed by atoms with Crippen LogP contribution in [-0.2, 0) is 9.53 Å². The fourth-order valence-corrected chi connectivity index (χ4v) is 2.40. The van der Waals surface area contributed by atoms with Gasteiger partial charge < -0.3 is 9.47 Å². The van der Waals surface area contributed by atoms with E-state index in [0.717, 1.165) is 16.9 Å². The van der Waals surface area contributed by atoms with Crippen molar-refractivity contribution >= 4 is 11.5 Å². The van der Waals surface area contributed by atoms with E-state index < -0.39 is 0 Å². The van der Waals surface area contributed by atoms with Crippen molar-refractivity contribution in [2.45, 2.75) is 20.0 Å². The molecule has 0 bridgehead atoms. The van der Waals surface area contributed by atoms with Crippen LogP contribution in [0.3, 0.4) is 0 Å². The van der Waals surface area contributed by atoms with Gasteiger partial charge >= 0.3 is 5.97 Å². The van der Waals surface area contributed by atoms with E-state index in [1.807, 2.05) is 67.6 Å².